The highest BCUT2D eigenvalue weighted by atomic mass is 19.2. The van der Waals surface area contributed by atoms with Crippen LogP contribution in [0.1, 0.15) is 18.7 Å². The maximum atomic E-state index is 13.7. The second kappa shape index (κ2) is 7.29. The minimum atomic E-state index is -1.19. The molecule has 0 aliphatic rings. The van der Waals surface area contributed by atoms with Crippen molar-refractivity contribution >= 4 is 22.5 Å². The van der Waals surface area contributed by atoms with Gasteiger partial charge in [0.15, 0.2) is 23.3 Å². The molecule has 3 rings (SSSR count). The van der Waals surface area contributed by atoms with Crippen LogP contribution in [-0.4, -0.2) is 28.2 Å². The Morgan fingerprint density at radius 3 is 2.29 bits per heavy atom. The molecule has 0 spiro atoms. The molecule has 28 heavy (non-hydrogen) atoms. The number of carbonyl (C=O) groups excluding carboxylic acids is 1. The first-order chi connectivity index (χ1) is 13.2. The van der Waals surface area contributed by atoms with Gasteiger partial charge in [0.2, 0.25) is 0 Å². The van der Waals surface area contributed by atoms with Gasteiger partial charge < -0.3 is 10.2 Å². The van der Waals surface area contributed by atoms with Crippen molar-refractivity contribution < 1.29 is 22.4 Å². The molecule has 0 fully saturated rings. The first-order valence-corrected chi connectivity index (χ1v) is 8.05. The van der Waals surface area contributed by atoms with Crippen molar-refractivity contribution in [1.29, 1.82) is 0 Å². The summed E-state index contributed by atoms with van der Waals surface area (Å²) >= 11 is 0. The van der Waals surface area contributed by atoms with E-state index in [0.29, 0.717) is 0 Å². The second-order valence-electron chi connectivity index (χ2n) is 6.10. The van der Waals surface area contributed by atoms with E-state index in [0.717, 1.165) is 29.2 Å². The molecule has 6 nitrogen and oxygen atoms in total. The average molecular weight is 394 g/mol. The standard InChI is InChI=1S/C18H14F4N4O2/c1-8(26(2)18(28)23-9-3-4-12(19)13(20)5-9)16-10-6-14(21)15(22)7-11(10)17(27)25-24-16/h3-8H,1-2H3,(H,23,28)(H,25,27). The van der Waals surface area contributed by atoms with Crippen molar-refractivity contribution in [3.8, 4) is 0 Å². The first-order valence-electron chi connectivity index (χ1n) is 8.05. The highest BCUT2D eigenvalue weighted by Crippen LogP contribution is 2.26. The fraction of sp³-hybridized carbons (Fsp3) is 0.167. The Morgan fingerprint density at radius 1 is 1.04 bits per heavy atom. The van der Waals surface area contributed by atoms with E-state index in [2.05, 4.69) is 15.5 Å². The van der Waals surface area contributed by atoms with Gasteiger partial charge in [-0.1, -0.05) is 0 Å². The van der Waals surface area contributed by atoms with E-state index < -0.39 is 40.9 Å². The molecule has 2 aromatic carbocycles. The molecule has 146 valence electrons. The summed E-state index contributed by atoms with van der Waals surface area (Å²) in [5, 5.41) is 8.35. The molecule has 1 atom stereocenters. The van der Waals surface area contributed by atoms with Crippen molar-refractivity contribution in [2.75, 3.05) is 12.4 Å². The van der Waals surface area contributed by atoms with E-state index in [1.54, 1.807) is 6.92 Å². The summed E-state index contributed by atoms with van der Waals surface area (Å²) in [6.07, 6.45) is 0. The Labute approximate surface area is 155 Å². The molecule has 0 saturated heterocycles. The number of aromatic nitrogens is 2. The predicted octanol–water partition coefficient (Wildman–Crippen LogP) is 3.70. The number of hydrogen-bond donors (Lipinski definition) is 2. The molecule has 2 amide bonds. The van der Waals surface area contributed by atoms with Crippen LogP contribution in [0.5, 0.6) is 0 Å². The first kappa shape index (κ1) is 19.3. The van der Waals surface area contributed by atoms with E-state index in [4.69, 9.17) is 0 Å². The van der Waals surface area contributed by atoms with Crippen LogP contribution in [0.4, 0.5) is 28.0 Å². The van der Waals surface area contributed by atoms with E-state index in [1.807, 2.05) is 0 Å². The Bertz CT molecular complexity index is 1130. The van der Waals surface area contributed by atoms with Crippen LogP contribution in [0.2, 0.25) is 0 Å². The number of anilines is 1. The smallest absolute Gasteiger partial charge is 0.319 e. The van der Waals surface area contributed by atoms with Crippen LogP contribution >= 0.6 is 0 Å². The number of urea groups is 1. The van der Waals surface area contributed by atoms with E-state index in [-0.39, 0.29) is 22.2 Å². The maximum Gasteiger partial charge on any atom is 0.322 e. The lowest BCUT2D eigenvalue weighted by molar-refractivity contribution is 0.207. The highest BCUT2D eigenvalue weighted by molar-refractivity contribution is 5.90. The number of hydrogen-bond acceptors (Lipinski definition) is 3. The van der Waals surface area contributed by atoms with Gasteiger partial charge in [-0.15, -0.1) is 0 Å². The molecule has 0 bridgehead atoms. The molecule has 2 N–H and O–H groups in total. The highest BCUT2D eigenvalue weighted by Gasteiger charge is 2.23. The summed E-state index contributed by atoms with van der Waals surface area (Å²) in [6, 6.07) is 2.97. The third-order valence-electron chi connectivity index (χ3n) is 4.33. The van der Waals surface area contributed by atoms with Crippen molar-refractivity contribution in [2.45, 2.75) is 13.0 Å². The molecule has 3 aromatic rings. The number of H-pyrrole nitrogens is 1. The van der Waals surface area contributed by atoms with Gasteiger partial charge in [0.25, 0.3) is 5.56 Å². The van der Waals surface area contributed by atoms with Crippen LogP contribution < -0.4 is 10.9 Å². The third kappa shape index (κ3) is 3.53. The molecule has 10 heteroatoms. The van der Waals surface area contributed by atoms with Gasteiger partial charge in [0.1, 0.15) is 0 Å². The number of nitrogens with zero attached hydrogens (tertiary/aromatic N) is 2. The number of nitrogens with one attached hydrogen (secondary N) is 2. The summed E-state index contributed by atoms with van der Waals surface area (Å²) in [4.78, 5) is 25.4. The summed E-state index contributed by atoms with van der Waals surface area (Å²) in [6.45, 7) is 1.55. The van der Waals surface area contributed by atoms with Gasteiger partial charge in [0.05, 0.1) is 17.1 Å². The zero-order chi connectivity index (χ0) is 20.6. The average Bonchev–Trinajstić information content (AvgIpc) is 2.65. The molecule has 0 radical (unpaired) electrons. The predicted molar refractivity (Wildman–Crippen MR) is 93.8 cm³/mol. The number of amides is 2. The lowest BCUT2D eigenvalue weighted by atomic mass is 10.1. The molecule has 1 unspecified atom stereocenters. The van der Waals surface area contributed by atoms with Crippen LogP contribution in [0.25, 0.3) is 10.8 Å². The normalized spacial score (nSPS) is 12.1. The van der Waals surface area contributed by atoms with Gasteiger partial charge in [0, 0.05) is 24.2 Å². The van der Waals surface area contributed by atoms with Gasteiger partial charge in [-0.25, -0.2) is 27.5 Å². The Kier molecular flexibility index (Phi) is 5.04. The zero-order valence-corrected chi connectivity index (χ0v) is 14.7. The fourth-order valence-electron chi connectivity index (χ4n) is 2.64. The lowest BCUT2D eigenvalue weighted by Crippen LogP contribution is -2.34. The Hall–Kier alpha value is -3.43. The van der Waals surface area contributed by atoms with Gasteiger partial charge in [-0.3, -0.25) is 4.79 Å². The molecule has 0 aliphatic heterocycles. The minimum Gasteiger partial charge on any atom is -0.319 e. The summed E-state index contributed by atoms with van der Waals surface area (Å²) < 4.78 is 53.4. The fourth-order valence-corrected chi connectivity index (χ4v) is 2.64. The monoisotopic (exact) mass is 394 g/mol. The summed E-state index contributed by atoms with van der Waals surface area (Å²) in [5.74, 6) is -4.54. The SMILES string of the molecule is CC(c1n[nH]c(=O)c2cc(F)c(F)cc12)N(C)C(=O)Nc1ccc(F)c(F)c1. The van der Waals surface area contributed by atoms with E-state index >= 15 is 0 Å². The molecule has 0 aliphatic carbocycles. The zero-order valence-electron chi connectivity index (χ0n) is 14.7. The number of halogens is 4. The number of rotatable bonds is 3. The molecule has 1 heterocycles. The Morgan fingerprint density at radius 2 is 1.64 bits per heavy atom. The van der Waals surface area contributed by atoms with Crippen molar-refractivity contribution in [3.63, 3.8) is 0 Å². The van der Waals surface area contributed by atoms with Crippen LogP contribution in [0.15, 0.2) is 35.1 Å². The van der Waals surface area contributed by atoms with Crippen molar-refractivity contribution in [3.05, 3.63) is 69.6 Å². The topological polar surface area (TPSA) is 78.1 Å². The van der Waals surface area contributed by atoms with Crippen LogP contribution in [0, 0.1) is 23.3 Å². The van der Waals surface area contributed by atoms with Crippen molar-refractivity contribution in [2.24, 2.45) is 0 Å². The molecule has 0 saturated carbocycles. The number of benzene rings is 2. The van der Waals surface area contributed by atoms with E-state index in [9.17, 15) is 27.2 Å². The van der Waals surface area contributed by atoms with Gasteiger partial charge >= 0.3 is 6.03 Å². The molecule has 1 aromatic heterocycles. The quantitative estimate of drug-likeness (QED) is 0.665. The maximum absolute atomic E-state index is 13.7. The van der Waals surface area contributed by atoms with Gasteiger partial charge in [-0.2, -0.15) is 5.10 Å². The summed E-state index contributed by atoms with van der Waals surface area (Å²) in [5.41, 5.74) is -0.564. The number of aromatic amines is 1. The third-order valence-corrected chi connectivity index (χ3v) is 4.33. The van der Waals surface area contributed by atoms with Crippen LogP contribution in [0.3, 0.4) is 0 Å². The van der Waals surface area contributed by atoms with Crippen molar-refractivity contribution in [1.82, 2.24) is 15.1 Å². The van der Waals surface area contributed by atoms with Gasteiger partial charge in [-0.05, 0) is 31.2 Å². The van der Waals surface area contributed by atoms with E-state index in [1.165, 1.54) is 13.1 Å². The van der Waals surface area contributed by atoms with Crippen LogP contribution in [-0.2, 0) is 0 Å². The largest absolute Gasteiger partial charge is 0.322 e. The lowest BCUT2D eigenvalue weighted by Gasteiger charge is -2.25. The number of fused-ring (bicyclic) bond motifs is 1. The Balaban J connectivity index is 1.92. The number of carbonyl (C=O) groups is 1. The molecular weight excluding hydrogens is 380 g/mol. The molecular formula is C18H14F4N4O2. The summed E-state index contributed by atoms with van der Waals surface area (Å²) in [7, 11) is 1.39. The minimum absolute atomic E-state index is 0.0235. The second-order valence-corrected chi connectivity index (χ2v) is 6.10.